The van der Waals surface area contributed by atoms with Gasteiger partial charge in [-0.1, -0.05) is 30.3 Å². The number of nitrogens with two attached hydrogens (primary N) is 1. The highest BCUT2D eigenvalue weighted by molar-refractivity contribution is 5.37. The summed E-state index contributed by atoms with van der Waals surface area (Å²) in [6, 6.07) is 10.7. The van der Waals surface area contributed by atoms with Gasteiger partial charge in [0.15, 0.2) is 0 Å². The molecule has 2 N–H and O–H groups in total. The molecule has 1 atom stereocenters. The van der Waals surface area contributed by atoms with Gasteiger partial charge in [0.2, 0.25) is 0 Å². The molecular formula is C15H19NO. The normalized spacial score (nSPS) is 23.5. The maximum atomic E-state index is 6.43. The van der Waals surface area contributed by atoms with Gasteiger partial charge in [0.1, 0.15) is 5.76 Å². The van der Waals surface area contributed by atoms with Crippen molar-refractivity contribution in [2.24, 2.45) is 5.73 Å². The summed E-state index contributed by atoms with van der Waals surface area (Å²) in [7, 11) is 0. The topological polar surface area (TPSA) is 35.2 Å². The SMILES string of the molecule is NC(C1=CCCCO1)C1(c2ccccc2)CC1. The second-order valence-corrected chi connectivity index (χ2v) is 5.10. The lowest BCUT2D eigenvalue weighted by Crippen LogP contribution is -2.38. The molecule has 90 valence electrons. The molecule has 0 amide bonds. The van der Waals surface area contributed by atoms with E-state index in [-0.39, 0.29) is 11.5 Å². The molecule has 1 aromatic rings. The summed E-state index contributed by atoms with van der Waals surface area (Å²) in [6.45, 7) is 0.824. The van der Waals surface area contributed by atoms with Crippen molar-refractivity contribution in [2.75, 3.05) is 6.61 Å². The first kappa shape index (κ1) is 10.8. The van der Waals surface area contributed by atoms with Gasteiger partial charge in [-0.05, 0) is 37.3 Å². The highest BCUT2D eigenvalue weighted by Gasteiger charge is 2.51. The van der Waals surface area contributed by atoms with Crippen molar-refractivity contribution in [3.05, 3.63) is 47.7 Å². The summed E-state index contributed by atoms with van der Waals surface area (Å²) in [4.78, 5) is 0. The molecule has 1 unspecified atom stereocenters. The smallest absolute Gasteiger partial charge is 0.110 e. The number of rotatable bonds is 3. The van der Waals surface area contributed by atoms with Gasteiger partial charge in [-0.2, -0.15) is 0 Å². The van der Waals surface area contributed by atoms with Crippen LogP contribution in [0.5, 0.6) is 0 Å². The molecule has 2 nitrogen and oxygen atoms in total. The molecule has 1 aromatic carbocycles. The molecule has 1 saturated carbocycles. The zero-order valence-electron chi connectivity index (χ0n) is 10.1. The average molecular weight is 229 g/mol. The molecule has 1 fully saturated rings. The third-order valence-electron chi connectivity index (χ3n) is 4.00. The minimum absolute atomic E-state index is 0.0326. The van der Waals surface area contributed by atoms with E-state index in [2.05, 4.69) is 36.4 Å². The van der Waals surface area contributed by atoms with Gasteiger partial charge in [0.25, 0.3) is 0 Å². The molecule has 0 spiro atoms. The lowest BCUT2D eigenvalue weighted by molar-refractivity contribution is 0.167. The van der Waals surface area contributed by atoms with Crippen molar-refractivity contribution in [1.82, 2.24) is 0 Å². The van der Waals surface area contributed by atoms with Crippen LogP contribution in [-0.4, -0.2) is 12.6 Å². The Kier molecular flexibility index (Phi) is 2.67. The quantitative estimate of drug-likeness (QED) is 0.865. The first-order valence-corrected chi connectivity index (χ1v) is 6.47. The van der Waals surface area contributed by atoms with E-state index in [9.17, 15) is 0 Å². The van der Waals surface area contributed by atoms with Crippen LogP contribution in [0.25, 0.3) is 0 Å². The molecule has 2 heteroatoms. The number of benzene rings is 1. The maximum absolute atomic E-state index is 6.43. The Morgan fingerprint density at radius 2 is 1.94 bits per heavy atom. The van der Waals surface area contributed by atoms with Gasteiger partial charge in [0.05, 0.1) is 12.6 Å². The van der Waals surface area contributed by atoms with Crippen molar-refractivity contribution in [3.63, 3.8) is 0 Å². The molecule has 0 saturated heterocycles. The number of allylic oxidation sites excluding steroid dienone is 1. The van der Waals surface area contributed by atoms with E-state index in [1.54, 1.807) is 0 Å². The van der Waals surface area contributed by atoms with Gasteiger partial charge in [-0.25, -0.2) is 0 Å². The summed E-state index contributed by atoms with van der Waals surface area (Å²) in [5, 5.41) is 0. The Morgan fingerprint density at radius 1 is 1.18 bits per heavy atom. The summed E-state index contributed by atoms with van der Waals surface area (Å²) in [5.74, 6) is 1.01. The van der Waals surface area contributed by atoms with Crippen molar-refractivity contribution in [2.45, 2.75) is 37.1 Å². The molecule has 17 heavy (non-hydrogen) atoms. The second kappa shape index (κ2) is 4.19. The van der Waals surface area contributed by atoms with Gasteiger partial charge in [-0.15, -0.1) is 0 Å². The average Bonchev–Trinajstić information content (AvgIpc) is 3.21. The fourth-order valence-corrected chi connectivity index (χ4v) is 2.75. The maximum Gasteiger partial charge on any atom is 0.110 e. The van der Waals surface area contributed by atoms with E-state index in [1.807, 2.05) is 0 Å². The minimum atomic E-state index is 0.0326. The van der Waals surface area contributed by atoms with E-state index >= 15 is 0 Å². The monoisotopic (exact) mass is 229 g/mol. The Bertz CT molecular complexity index is 420. The van der Waals surface area contributed by atoms with Crippen LogP contribution < -0.4 is 5.73 Å². The van der Waals surface area contributed by atoms with Gasteiger partial charge >= 0.3 is 0 Å². The number of hydrogen-bond donors (Lipinski definition) is 1. The fourth-order valence-electron chi connectivity index (χ4n) is 2.75. The summed E-state index contributed by atoms with van der Waals surface area (Å²) < 4.78 is 5.72. The van der Waals surface area contributed by atoms with Crippen LogP contribution >= 0.6 is 0 Å². The standard InChI is InChI=1S/C15H19NO/c16-14(13-8-4-5-11-17-13)15(9-10-15)12-6-2-1-3-7-12/h1-3,6-8,14H,4-5,9-11,16H2. The van der Waals surface area contributed by atoms with Gasteiger partial charge in [-0.3, -0.25) is 0 Å². The number of hydrogen-bond acceptors (Lipinski definition) is 2. The highest BCUT2D eigenvalue weighted by atomic mass is 16.5. The first-order chi connectivity index (χ1) is 8.33. The molecule has 1 heterocycles. The predicted octanol–water partition coefficient (Wildman–Crippen LogP) is 2.74. The Balaban J connectivity index is 1.86. The van der Waals surface area contributed by atoms with Crippen LogP contribution in [-0.2, 0) is 10.2 Å². The molecule has 0 radical (unpaired) electrons. The molecule has 2 aliphatic rings. The van der Waals surface area contributed by atoms with Crippen molar-refractivity contribution < 1.29 is 4.74 Å². The van der Waals surface area contributed by atoms with Crippen LogP contribution in [0.1, 0.15) is 31.2 Å². The Hall–Kier alpha value is -1.28. The van der Waals surface area contributed by atoms with E-state index < -0.39 is 0 Å². The molecule has 1 aliphatic carbocycles. The largest absolute Gasteiger partial charge is 0.497 e. The first-order valence-electron chi connectivity index (χ1n) is 6.47. The van der Waals surface area contributed by atoms with Crippen molar-refractivity contribution in [3.8, 4) is 0 Å². The Morgan fingerprint density at radius 3 is 2.53 bits per heavy atom. The predicted molar refractivity (Wildman–Crippen MR) is 68.6 cm³/mol. The Labute approximate surface area is 102 Å². The lowest BCUT2D eigenvalue weighted by atomic mass is 9.87. The third-order valence-corrected chi connectivity index (χ3v) is 4.00. The van der Waals surface area contributed by atoms with Gasteiger partial charge in [0, 0.05) is 5.41 Å². The van der Waals surface area contributed by atoms with Crippen LogP contribution in [0.4, 0.5) is 0 Å². The van der Waals surface area contributed by atoms with Crippen LogP contribution in [0.15, 0.2) is 42.2 Å². The van der Waals surface area contributed by atoms with Crippen LogP contribution in [0, 0.1) is 0 Å². The summed E-state index contributed by atoms with van der Waals surface area (Å²) >= 11 is 0. The fraction of sp³-hybridized carbons (Fsp3) is 0.467. The van der Waals surface area contributed by atoms with Crippen molar-refractivity contribution >= 4 is 0 Å². The molecule has 1 aliphatic heterocycles. The van der Waals surface area contributed by atoms with Crippen molar-refractivity contribution in [1.29, 1.82) is 0 Å². The molecule has 3 rings (SSSR count). The van der Waals surface area contributed by atoms with Crippen LogP contribution in [0.2, 0.25) is 0 Å². The molecule has 0 bridgehead atoms. The van der Waals surface area contributed by atoms with E-state index in [4.69, 9.17) is 10.5 Å². The highest BCUT2D eigenvalue weighted by Crippen LogP contribution is 2.52. The van der Waals surface area contributed by atoms with Gasteiger partial charge < -0.3 is 10.5 Å². The number of ether oxygens (including phenoxy) is 1. The van der Waals surface area contributed by atoms with Crippen LogP contribution in [0.3, 0.4) is 0 Å². The zero-order chi connectivity index (χ0) is 11.7. The molecule has 0 aromatic heterocycles. The minimum Gasteiger partial charge on any atom is -0.497 e. The van der Waals surface area contributed by atoms with E-state index in [0.29, 0.717) is 0 Å². The lowest BCUT2D eigenvalue weighted by Gasteiger charge is -2.28. The zero-order valence-corrected chi connectivity index (χ0v) is 10.1. The van der Waals surface area contributed by atoms with E-state index in [0.717, 1.165) is 25.2 Å². The summed E-state index contributed by atoms with van der Waals surface area (Å²) in [6.07, 6.45) is 6.76. The molecular weight excluding hydrogens is 210 g/mol. The summed E-state index contributed by atoms with van der Waals surface area (Å²) in [5.41, 5.74) is 7.93. The van der Waals surface area contributed by atoms with E-state index in [1.165, 1.54) is 18.4 Å². The second-order valence-electron chi connectivity index (χ2n) is 5.10. The third kappa shape index (κ3) is 1.87.